The fourth-order valence-corrected chi connectivity index (χ4v) is 1.37. The van der Waals surface area contributed by atoms with Gasteiger partial charge in [0.25, 0.3) is 5.56 Å². The third-order valence-electron chi connectivity index (χ3n) is 2.17. The van der Waals surface area contributed by atoms with Gasteiger partial charge in [-0.25, -0.2) is 0 Å². The van der Waals surface area contributed by atoms with Crippen LogP contribution in [0.15, 0.2) is 30.2 Å². The van der Waals surface area contributed by atoms with Crippen LogP contribution in [0.2, 0.25) is 0 Å². The van der Waals surface area contributed by atoms with Crippen molar-refractivity contribution in [1.82, 2.24) is 4.57 Å². The fourth-order valence-electron chi connectivity index (χ4n) is 1.37. The van der Waals surface area contributed by atoms with Crippen LogP contribution < -0.4 is 5.56 Å². The van der Waals surface area contributed by atoms with Crippen molar-refractivity contribution in [3.05, 3.63) is 46.9 Å². The molecule has 1 rings (SSSR count). The second-order valence-corrected chi connectivity index (χ2v) is 3.40. The molecular formula is C12H15NO. The minimum Gasteiger partial charge on any atom is -0.312 e. The summed E-state index contributed by atoms with van der Waals surface area (Å²) in [7, 11) is 0. The predicted molar refractivity (Wildman–Crippen MR) is 61.3 cm³/mol. The molecule has 0 atom stereocenters. The smallest absolute Gasteiger partial charge is 0.258 e. The molecule has 0 unspecified atom stereocenters. The van der Waals surface area contributed by atoms with Gasteiger partial charge >= 0.3 is 0 Å². The Morgan fingerprint density at radius 2 is 2.00 bits per heavy atom. The Kier molecular flexibility index (Phi) is 3.07. The molecule has 1 aromatic heterocycles. The Morgan fingerprint density at radius 1 is 1.36 bits per heavy atom. The van der Waals surface area contributed by atoms with E-state index in [1.807, 2.05) is 19.9 Å². The summed E-state index contributed by atoms with van der Waals surface area (Å²) in [6.07, 6.45) is 5.04. The van der Waals surface area contributed by atoms with Crippen LogP contribution in [0, 0.1) is 0 Å². The molecule has 0 radical (unpaired) electrons. The van der Waals surface area contributed by atoms with Crippen molar-refractivity contribution in [2.75, 3.05) is 0 Å². The van der Waals surface area contributed by atoms with Gasteiger partial charge in [0, 0.05) is 17.8 Å². The van der Waals surface area contributed by atoms with Crippen LogP contribution in [0.4, 0.5) is 0 Å². The monoisotopic (exact) mass is 189 g/mol. The summed E-state index contributed by atoms with van der Waals surface area (Å²) in [6, 6.07) is 2.05. The number of nitrogens with zero attached hydrogens (tertiary/aromatic N) is 1. The fraction of sp³-hybridized carbons (Fsp3) is 0.250. The maximum absolute atomic E-state index is 11.9. The van der Waals surface area contributed by atoms with Crippen molar-refractivity contribution >= 4 is 12.2 Å². The van der Waals surface area contributed by atoms with Gasteiger partial charge in [-0.2, -0.15) is 0 Å². The molecular weight excluding hydrogens is 174 g/mol. The third-order valence-corrected chi connectivity index (χ3v) is 2.17. The molecule has 0 amide bonds. The van der Waals surface area contributed by atoms with E-state index in [1.165, 1.54) is 0 Å². The Bertz CT molecular complexity index is 413. The SMILES string of the molecule is C=Cc1ccn(C(C)C)c(=O)c1C=C. The first-order valence-corrected chi connectivity index (χ1v) is 4.61. The van der Waals surface area contributed by atoms with Crippen LogP contribution in [0.3, 0.4) is 0 Å². The highest BCUT2D eigenvalue weighted by Crippen LogP contribution is 2.09. The molecule has 2 nitrogen and oxygen atoms in total. The molecule has 2 heteroatoms. The van der Waals surface area contributed by atoms with Gasteiger partial charge in [-0.1, -0.05) is 25.3 Å². The summed E-state index contributed by atoms with van der Waals surface area (Å²) in [5, 5.41) is 0. The number of hydrogen-bond donors (Lipinski definition) is 0. The standard InChI is InChI=1S/C12H15NO/c1-5-10-7-8-13(9(3)4)12(14)11(10)6-2/h5-9H,1-2H2,3-4H3. The van der Waals surface area contributed by atoms with E-state index in [4.69, 9.17) is 0 Å². The largest absolute Gasteiger partial charge is 0.312 e. The average molecular weight is 189 g/mol. The van der Waals surface area contributed by atoms with Crippen LogP contribution in [0.1, 0.15) is 31.0 Å². The van der Waals surface area contributed by atoms with E-state index in [0.717, 1.165) is 5.56 Å². The molecule has 14 heavy (non-hydrogen) atoms. The first-order valence-electron chi connectivity index (χ1n) is 4.61. The maximum Gasteiger partial charge on any atom is 0.258 e. The van der Waals surface area contributed by atoms with Gasteiger partial charge in [0.1, 0.15) is 0 Å². The van der Waals surface area contributed by atoms with Gasteiger partial charge in [-0.05, 0) is 25.5 Å². The summed E-state index contributed by atoms with van der Waals surface area (Å²) in [5.41, 5.74) is 1.45. The summed E-state index contributed by atoms with van der Waals surface area (Å²) >= 11 is 0. The first kappa shape index (κ1) is 10.5. The normalized spacial score (nSPS) is 10.2. The Balaban J connectivity index is 3.50. The molecule has 0 aliphatic heterocycles. The molecule has 0 saturated heterocycles. The topological polar surface area (TPSA) is 22.0 Å². The zero-order valence-electron chi connectivity index (χ0n) is 8.66. The van der Waals surface area contributed by atoms with E-state index in [2.05, 4.69) is 13.2 Å². The van der Waals surface area contributed by atoms with E-state index in [1.54, 1.807) is 22.9 Å². The van der Waals surface area contributed by atoms with Gasteiger partial charge in [0.05, 0.1) is 0 Å². The van der Waals surface area contributed by atoms with Gasteiger partial charge in [0.15, 0.2) is 0 Å². The second kappa shape index (κ2) is 4.09. The molecule has 0 N–H and O–H groups in total. The first-order chi connectivity index (χ1) is 6.61. The van der Waals surface area contributed by atoms with Crippen LogP contribution in [-0.4, -0.2) is 4.57 Å². The Morgan fingerprint density at radius 3 is 2.43 bits per heavy atom. The molecule has 74 valence electrons. The number of pyridine rings is 1. The highest BCUT2D eigenvalue weighted by molar-refractivity contribution is 5.62. The maximum atomic E-state index is 11.9. The van der Waals surface area contributed by atoms with Crippen molar-refractivity contribution in [1.29, 1.82) is 0 Å². The number of aromatic nitrogens is 1. The molecule has 0 aliphatic carbocycles. The molecule has 1 aromatic rings. The lowest BCUT2D eigenvalue weighted by Crippen LogP contribution is -2.23. The molecule has 0 spiro atoms. The summed E-state index contributed by atoms with van der Waals surface area (Å²) in [4.78, 5) is 11.9. The van der Waals surface area contributed by atoms with Gasteiger partial charge in [-0.15, -0.1) is 0 Å². The predicted octanol–water partition coefficient (Wildman–Crippen LogP) is 2.72. The lowest BCUT2D eigenvalue weighted by molar-refractivity contribution is 0.577. The van der Waals surface area contributed by atoms with Crippen LogP contribution in [-0.2, 0) is 0 Å². The van der Waals surface area contributed by atoms with Crippen molar-refractivity contribution in [3.8, 4) is 0 Å². The summed E-state index contributed by atoms with van der Waals surface area (Å²) in [5.74, 6) is 0. The van der Waals surface area contributed by atoms with Crippen LogP contribution in [0.5, 0.6) is 0 Å². The van der Waals surface area contributed by atoms with Crippen molar-refractivity contribution in [2.24, 2.45) is 0 Å². The molecule has 0 aromatic carbocycles. The minimum atomic E-state index is -0.00704. The second-order valence-electron chi connectivity index (χ2n) is 3.40. The lowest BCUT2D eigenvalue weighted by Gasteiger charge is -2.11. The summed E-state index contributed by atoms with van der Waals surface area (Å²) in [6.45, 7) is 11.2. The lowest BCUT2D eigenvalue weighted by atomic mass is 10.1. The van der Waals surface area contributed by atoms with Crippen molar-refractivity contribution < 1.29 is 0 Å². The van der Waals surface area contributed by atoms with E-state index in [0.29, 0.717) is 5.56 Å². The van der Waals surface area contributed by atoms with E-state index in [-0.39, 0.29) is 11.6 Å². The Hall–Kier alpha value is -1.57. The van der Waals surface area contributed by atoms with Crippen LogP contribution in [0.25, 0.3) is 12.2 Å². The zero-order chi connectivity index (χ0) is 10.7. The number of hydrogen-bond acceptors (Lipinski definition) is 1. The molecule has 0 bridgehead atoms. The molecule has 0 fully saturated rings. The summed E-state index contributed by atoms with van der Waals surface area (Å²) < 4.78 is 1.68. The zero-order valence-corrected chi connectivity index (χ0v) is 8.66. The van der Waals surface area contributed by atoms with Gasteiger partial charge in [-0.3, -0.25) is 4.79 Å². The van der Waals surface area contributed by atoms with E-state index >= 15 is 0 Å². The number of rotatable bonds is 3. The van der Waals surface area contributed by atoms with E-state index < -0.39 is 0 Å². The van der Waals surface area contributed by atoms with Gasteiger partial charge < -0.3 is 4.57 Å². The minimum absolute atomic E-state index is 0.00704. The third kappa shape index (κ3) is 1.69. The van der Waals surface area contributed by atoms with Crippen molar-refractivity contribution in [3.63, 3.8) is 0 Å². The quantitative estimate of drug-likeness (QED) is 0.716. The highest BCUT2D eigenvalue weighted by Gasteiger charge is 2.06. The average Bonchev–Trinajstić information content (AvgIpc) is 2.16. The molecule has 0 saturated carbocycles. The molecule has 0 aliphatic rings. The molecule has 1 heterocycles. The highest BCUT2D eigenvalue weighted by atomic mass is 16.1. The Labute approximate surface area is 84.2 Å². The van der Waals surface area contributed by atoms with E-state index in [9.17, 15) is 4.79 Å². The van der Waals surface area contributed by atoms with Gasteiger partial charge in [0.2, 0.25) is 0 Å². The van der Waals surface area contributed by atoms with Crippen LogP contribution >= 0.6 is 0 Å². The van der Waals surface area contributed by atoms with Crippen molar-refractivity contribution in [2.45, 2.75) is 19.9 Å².